The van der Waals surface area contributed by atoms with Crippen molar-refractivity contribution in [2.45, 2.75) is 6.04 Å². The van der Waals surface area contributed by atoms with Crippen LogP contribution in [0.2, 0.25) is 0 Å². The van der Waals surface area contributed by atoms with E-state index in [9.17, 15) is 4.79 Å². The lowest BCUT2D eigenvalue weighted by atomic mass is 10.2. The molecule has 1 saturated heterocycles. The Hall–Kier alpha value is -0.690. The van der Waals surface area contributed by atoms with Crippen molar-refractivity contribution in [1.29, 1.82) is 0 Å². The van der Waals surface area contributed by atoms with E-state index in [1.807, 2.05) is 0 Å². The van der Waals surface area contributed by atoms with Crippen molar-refractivity contribution in [2.75, 3.05) is 67.0 Å². The van der Waals surface area contributed by atoms with E-state index in [1.165, 1.54) is 7.11 Å². The first kappa shape index (κ1) is 15.4. The van der Waals surface area contributed by atoms with Gasteiger partial charge in [-0.2, -0.15) is 0 Å². The summed E-state index contributed by atoms with van der Waals surface area (Å²) >= 11 is 0. The summed E-state index contributed by atoms with van der Waals surface area (Å²) in [5, 5.41) is 0. The van der Waals surface area contributed by atoms with E-state index in [0.29, 0.717) is 6.54 Å². The molecule has 0 radical (unpaired) electrons. The SMILES string of the molecule is COC(=O)C(CN)N1CCN(CCN(C)C)CC1. The molecule has 0 spiro atoms. The first-order valence-corrected chi connectivity index (χ1v) is 6.47. The molecule has 1 unspecified atom stereocenters. The number of ether oxygens (including phenoxy) is 1. The highest BCUT2D eigenvalue weighted by atomic mass is 16.5. The van der Waals surface area contributed by atoms with Crippen molar-refractivity contribution in [3.63, 3.8) is 0 Å². The van der Waals surface area contributed by atoms with Gasteiger partial charge in [-0.3, -0.25) is 14.6 Å². The van der Waals surface area contributed by atoms with Gasteiger partial charge in [-0.05, 0) is 14.1 Å². The number of carbonyl (C=O) groups excluding carboxylic acids is 1. The van der Waals surface area contributed by atoms with E-state index in [-0.39, 0.29) is 12.0 Å². The molecule has 0 amide bonds. The van der Waals surface area contributed by atoms with Gasteiger partial charge in [0.15, 0.2) is 0 Å². The average Bonchev–Trinajstić information content (AvgIpc) is 2.38. The largest absolute Gasteiger partial charge is 0.468 e. The summed E-state index contributed by atoms with van der Waals surface area (Å²) in [6.45, 7) is 6.20. The van der Waals surface area contributed by atoms with Crippen LogP contribution < -0.4 is 5.73 Å². The van der Waals surface area contributed by atoms with E-state index in [0.717, 1.165) is 39.3 Å². The lowest BCUT2D eigenvalue weighted by Gasteiger charge is -2.38. The molecule has 1 atom stereocenters. The van der Waals surface area contributed by atoms with Crippen molar-refractivity contribution >= 4 is 5.97 Å². The summed E-state index contributed by atoms with van der Waals surface area (Å²) < 4.78 is 4.78. The Morgan fingerprint density at radius 3 is 2.39 bits per heavy atom. The molecule has 1 aliphatic heterocycles. The van der Waals surface area contributed by atoms with E-state index >= 15 is 0 Å². The van der Waals surface area contributed by atoms with Crippen LogP contribution in [0.4, 0.5) is 0 Å². The second-order valence-corrected chi connectivity index (χ2v) is 4.96. The molecule has 106 valence electrons. The molecular formula is C12H26N4O2. The standard InChI is InChI=1S/C12H26N4O2/c1-14(2)4-5-15-6-8-16(9-7-15)11(10-13)12(17)18-3/h11H,4-10,13H2,1-3H3. The quantitative estimate of drug-likeness (QED) is 0.595. The molecule has 6 heteroatoms. The summed E-state index contributed by atoms with van der Waals surface area (Å²) in [4.78, 5) is 18.3. The molecule has 6 nitrogen and oxygen atoms in total. The normalized spacial score (nSPS) is 20.1. The van der Waals surface area contributed by atoms with Gasteiger partial charge in [0.1, 0.15) is 6.04 Å². The first-order chi connectivity index (χ1) is 8.58. The number of rotatable bonds is 6. The van der Waals surface area contributed by atoms with Crippen molar-refractivity contribution < 1.29 is 9.53 Å². The maximum atomic E-state index is 11.6. The van der Waals surface area contributed by atoms with Crippen molar-refractivity contribution in [1.82, 2.24) is 14.7 Å². The molecule has 1 heterocycles. The third-order valence-electron chi connectivity index (χ3n) is 3.41. The number of nitrogens with two attached hydrogens (primary N) is 1. The zero-order valence-electron chi connectivity index (χ0n) is 11.8. The first-order valence-electron chi connectivity index (χ1n) is 6.47. The number of esters is 1. The van der Waals surface area contributed by atoms with Crippen LogP contribution in [0.5, 0.6) is 0 Å². The van der Waals surface area contributed by atoms with Gasteiger partial charge in [-0.15, -0.1) is 0 Å². The van der Waals surface area contributed by atoms with Crippen LogP contribution in [0.15, 0.2) is 0 Å². The van der Waals surface area contributed by atoms with E-state index < -0.39 is 0 Å². The summed E-state index contributed by atoms with van der Waals surface area (Å²) in [6.07, 6.45) is 0. The molecule has 1 fully saturated rings. The smallest absolute Gasteiger partial charge is 0.324 e. The van der Waals surface area contributed by atoms with E-state index in [2.05, 4.69) is 28.8 Å². The maximum Gasteiger partial charge on any atom is 0.324 e. The zero-order chi connectivity index (χ0) is 13.5. The van der Waals surface area contributed by atoms with Gasteiger partial charge in [-0.1, -0.05) is 0 Å². The molecule has 0 bridgehead atoms. The molecule has 18 heavy (non-hydrogen) atoms. The summed E-state index contributed by atoms with van der Waals surface area (Å²) in [5.41, 5.74) is 5.65. The predicted molar refractivity (Wildman–Crippen MR) is 71.4 cm³/mol. The third-order valence-corrected chi connectivity index (χ3v) is 3.41. The Morgan fingerprint density at radius 2 is 1.94 bits per heavy atom. The Balaban J connectivity index is 2.35. The van der Waals surface area contributed by atoms with Gasteiger partial charge >= 0.3 is 5.97 Å². The fourth-order valence-corrected chi connectivity index (χ4v) is 2.17. The maximum absolute atomic E-state index is 11.6. The molecule has 0 aromatic rings. The Kier molecular flexibility index (Phi) is 6.56. The monoisotopic (exact) mass is 258 g/mol. The lowest BCUT2D eigenvalue weighted by Crippen LogP contribution is -2.55. The number of nitrogens with zero attached hydrogens (tertiary/aromatic N) is 3. The van der Waals surface area contributed by atoms with Gasteiger partial charge in [-0.25, -0.2) is 0 Å². The number of piperazine rings is 1. The number of methoxy groups -OCH3 is 1. The molecule has 0 aromatic heterocycles. The summed E-state index contributed by atoms with van der Waals surface area (Å²) in [7, 11) is 5.58. The second-order valence-electron chi connectivity index (χ2n) is 4.96. The molecule has 0 saturated carbocycles. The molecule has 0 aliphatic carbocycles. The number of carbonyl (C=O) groups is 1. The van der Waals surface area contributed by atoms with Crippen LogP contribution in [0.3, 0.4) is 0 Å². The van der Waals surface area contributed by atoms with Crippen LogP contribution in [0.25, 0.3) is 0 Å². The third kappa shape index (κ3) is 4.53. The van der Waals surface area contributed by atoms with Crippen LogP contribution >= 0.6 is 0 Å². The Labute approximate surface area is 110 Å². The fourth-order valence-electron chi connectivity index (χ4n) is 2.17. The topological polar surface area (TPSA) is 62.0 Å². The van der Waals surface area contributed by atoms with Crippen LogP contribution in [0, 0.1) is 0 Å². The highest BCUT2D eigenvalue weighted by molar-refractivity contribution is 5.75. The second kappa shape index (κ2) is 7.68. The molecular weight excluding hydrogens is 232 g/mol. The fraction of sp³-hybridized carbons (Fsp3) is 0.917. The van der Waals surface area contributed by atoms with Crippen molar-refractivity contribution in [3.8, 4) is 0 Å². The minimum Gasteiger partial charge on any atom is -0.468 e. The number of hydrogen-bond acceptors (Lipinski definition) is 6. The Bertz CT molecular complexity index is 252. The van der Waals surface area contributed by atoms with Gasteiger partial charge < -0.3 is 15.4 Å². The van der Waals surface area contributed by atoms with Gasteiger partial charge in [0, 0.05) is 45.8 Å². The lowest BCUT2D eigenvalue weighted by molar-refractivity contribution is -0.147. The van der Waals surface area contributed by atoms with Gasteiger partial charge in [0.25, 0.3) is 0 Å². The predicted octanol–water partition coefficient (Wildman–Crippen LogP) is -1.33. The average molecular weight is 258 g/mol. The van der Waals surface area contributed by atoms with Crippen molar-refractivity contribution in [2.24, 2.45) is 5.73 Å². The zero-order valence-corrected chi connectivity index (χ0v) is 11.8. The van der Waals surface area contributed by atoms with E-state index in [1.54, 1.807) is 0 Å². The molecule has 0 aromatic carbocycles. The van der Waals surface area contributed by atoms with E-state index in [4.69, 9.17) is 10.5 Å². The molecule has 2 N–H and O–H groups in total. The Morgan fingerprint density at radius 1 is 1.33 bits per heavy atom. The van der Waals surface area contributed by atoms with Crippen LogP contribution in [-0.2, 0) is 9.53 Å². The molecule has 1 aliphatic rings. The van der Waals surface area contributed by atoms with Crippen LogP contribution in [-0.4, -0.2) is 93.7 Å². The van der Waals surface area contributed by atoms with Crippen LogP contribution in [0.1, 0.15) is 0 Å². The van der Waals surface area contributed by atoms with Gasteiger partial charge in [0.2, 0.25) is 0 Å². The van der Waals surface area contributed by atoms with Gasteiger partial charge in [0.05, 0.1) is 7.11 Å². The minimum atomic E-state index is -0.286. The minimum absolute atomic E-state index is 0.223. The highest BCUT2D eigenvalue weighted by Gasteiger charge is 2.28. The summed E-state index contributed by atoms with van der Waals surface area (Å²) in [6, 6.07) is -0.286. The highest BCUT2D eigenvalue weighted by Crippen LogP contribution is 2.07. The molecule has 1 rings (SSSR count). The summed E-state index contributed by atoms with van der Waals surface area (Å²) in [5.74, 6) is -0.223. The number of hydrogen-bond donors (Lipinski definition) is 1. The number of likely N-dealkylation sites (N-methyl/N-ethyl adjacent to an activating group) is 1. The van der Waals surface area contributed by atoms with Crippen molar-refractivity contribution in [3.05, 3.63) is 0 Å².